The minimum atomic E-state index is 0.755. The van der Waals surface area contributed by atoms with Crippen LogP contribution in [-0.2, 0) is 6.54 Å². The molecule has 0 spiro atoms. The summed E-state index contributed by atoms with van der Waals surface area (Å²) in [6.07, 6.45) is 1.72. The van der Waals surface area contributed by atoms with Crippen LogP contribution in [0.15, 0.2) is 12.3 Å². The lowest BCUT2D eigenvalue weighted by Gasteiger charge is -2.27. The molecule has 1 aliphatic heterocycles. The number of aryl methyl sites for hydroxylation is 1. The number of nitrogens with one attached hydrogen (secondary N) is 1. The normalized spacial score (nSPS) is 17.9. The van der Waals surface area contributed by atoms with Gasteiger partial charge < -0.3 is 11.1 Å². The molecule has 0 aromatic carbocycles. The highest BCUT2D eigenvalue weighted by atomic mass is 15.2. The van der Waals surface area contributed by atoms with Crippen molar-refractivity contribution in [2.45, 2.75) is 13.5 Å². The third-order valence-electron chi connectivity index (χ3n) is 2.82. The molecule has 1 aromatic rings. The topological polar surface area (TPSA) is 54.2 Å². The first-order chi connectivity index (χ1) is 7.25. The summed E-state index contributed by atoms with van der Waals surface area (Å²) in [5.41, 5.74) is 8.83. The first-order valence-electron chi connectivity index (χ1n) is 5.40. The van der Waals surface area contributed by atoms with E-state index in [1.165, 1.54) is 5.56 Å². The molecule has 1 fully saturated rings. The van der Waals surface area contributed by atoms with Crippen LogP contribution in [0, 0.1) is 6.92 Å². The molecule has 4 heteroatoms. The van der Waals surface area contributed by atoms with E-state index in [0.717, 1.165) is 44.1 Å². The molecule has 0 amide bonds. The van der Waals surface area contributed by atoms with Gasteiger partial charge in [0.15, 0.2) is 0 Å². The van der Waals surface area contributed by atoms with E-state index in [1.54, 1.807) is 6.20 Å². The molecule has 1 aromatic heterocycles. The van der Waals surface area contributed by atoms with Crippen molar-refractivity contribution in [3.8, 4) is 0 Å². The molecule has 15 heavy (non-hydrogen) atoms. The molecular weight excluding hydrogens is 188 g/mol. The van der Waals surface area contributed by atoms with Crippen molar-refractivity contribution in [1.29, 1.82) is 0 Å². The number of anilines is 1. The molecule has 2 heterocycles. The smallest absolute Gasteiger partial charge is 0.0504 e. The fourth-order valence-corrected chi connectivity index (χ4v) is 1.87. The van der Waals surface area contributed by atoms with Crippen molar-refractivity contribution in [3.05, 3.63) is 23.5 Å². The number of aromatic nitrogens is 1. The van der Waals surface area contributed by atoms with Crippen LogP contribution in [-0.4, -0.2) is 36.1 Å². The lowest BCUT2D eigenvalue weighted by molar-refractivity contribution is 0.232. The van der Waals surface area contributed by atoms with Crippen molar-refractivity contribution < 1.29 is 0 Å². The highest BCUT2D eigenvalue weighted by Gasteiger charge is 2.11. The van der Waals surface area contributed by atoms with Crippen LogP contribution in [0.2, 0.25) is 0 Å². The van der Waals surface area contributed by atoms with E-state index in [2.05, 4.69) is 15.2 Å². The summed E-state index contributed by atoms with van der Waals surface area (Å²) in [7, 11) is 0. The first kappa shape index (κ1) is 10.4. The number of hydrogen-bond donors (Lipinski definition) is 2. The zero-order chi connectivity index (χ0) is 10.7. The molecule has 0 atom stereocenters. The Bertz CT molecular complexity index is 331. The van der Waals surface area contributed by atoms with Crippen LogP contribution in [0.25, 0.3) is 0 Å². The van der Waals surface area contributed by atoms with Gasteiger partial charge in [-0.2, -0.15) is 0 Å². The van der Waals surface area contributed by atoms with Crippen molar-refractivity contribution in [2.75, 3.05) is 31.9 Å². The van der Waals surface area contributed by atoms with Crippen molar-refractivity contribution in [1.82, 2.24) is 15.2 Å². The van der Waals surface area contributed by atoms with Crippen LogP contribution in [0.5, 0.6) is 0 Å². The van der Waals surface area contributed by atoms with Gasteiger partial charge in [-0.25, -0.2) is 0 Å². The maximum atomic E-state index is 5.74. The fourth-order valence-electron chi connectivity index (χ4n) is 1.87. The number of hydrogen-bond acceptors (Lipinski definition) is 4. The first-order valence-corrected chi connectivity index (χ1v) is 5.40. The standard InChI is InChI=1S/C11H18N4/c1-9-10(6-11(12)7-14-9)8-15-4-2-13-3-5-15/h6-7,13H,2-5,8,12H2,1H3. The highest BCUT2D eigenvalue weighted by molar-refractivity contribution is 5.39. The SMILES string of the molecule is Cc1ncc(N)cc1CN1CCNCC1. The maximum Gasteiger partial charge on any atom is 0.0504 e. The molecule has 1 saturated heterocycles. The van der Waals surface area contributed by atoms with Gasteiger partial charge in [0.2, 0.25) is 0 Å². The van der Waals surface area contributed by atoms with Crippen LogP contribution in [0.4, 0.5) is 5.69 Å². The zero-order valence-electron chi connectivity index (χ0n) is 9.16. The Morgan fingerprint density at radius 1 is 1.47 bits per heavy atom. The molecule has 0 saturated carbocycles. The van der Waals surface area contributed by atoms with Gasteiger partial charge >= 0.3 is 0 Å². The molecule has 0 unspecified atom stereocenters. The van der Waals surface area contributed by atoms with Gasteiger partial charge in [0.1, 0.15) is 0 Å². The molecular formula is C11H18N4. The third-order valence-corrected chi connectivity index (χ3v) is 2.82. The van der Waals surface area contributed by atoms with E-state index in [-0.39, 0.29) is 0 Å². The summed E-state index contributed by atoms with van der Waals surface area (Å²) in [6, 6.07) is 2.03. The number of pyridine rings is 1. The fraction of sp³-hybridized carbons (Fsp3) is 0.545. The monoisotopic (exact) mass is 206 g/mol. The molecule has 2 rings (SSSR count). The number of rotatable bonds is 2. The predicted molar refractivity (Wildman–Crippen MR) is 61.5 cm³/mol. The van der Waals surface area contributed by atoms with Gasteiger partial charge in [-0.3, -0.25) is 9.88 Å². The van der Waals surface area contributed by atoms with Gasteiger partial charge in [-0.05, 0) is 18.6 Å². The third kappa shape index (κ3) is 2.67. The quantitative estimate of drug-likeness (QED) is 0.734. The summed E-state index contributed by atoms with van der Waals surface area (Å²) < 4.78 is 0. The minimum absolute atomic E-state index is 0.755. The highest BCUT2D eigenvalue weighted by Crippen LogP contribution is 2.12. The van der Waals surface area contributed by atoms with E-state index in [4.69, 9.17) is 5.73 Å². The van der Waals surface area contributed by atoms with E-state index >= 15 is 0 Å². The summed E-state index contributed by atoms with van der Waals surface area (Å²) in [4.78, 5) is 6.71. The number of nitrogen functional groups attached to an aromatic ring is 1. The Hall–Kier alpha value is -1.13. The number of piperazine rings is 1. The summed E-state index contributed by atoms with van der Waals surface area (Å²) in [6.45, 7) is 7.37. The van der Waals surface area contributed by atoms with Crippen LogP contribution in [0.3, 0.4) is 0 Å². The number of nitrogens with two attached hydrogens (primary N) is 1. The predicted octanol–water partition coefficient (Wildman–Crippen LogP) is 0.377. The summed E-state index contributed by atoms with van der Waals surface area (Å²) in [5.74, 6) is 0. The maximum absolute atomic E-state index is 5.74. The van der Waals surface area contributed by atoms with Gasteiger partial charge in [0, 0.05) is 38.4 Å². The van der Waals surface area contributed by atoms with Gasteiger partial charge in [-0.1, -0.05) is 0 Å². The number of nitrogens with zero attached hydrogens (tertiary/aromatic N) is 2. The Kier molecular flexibility index (Phi) is 3.18. The summed E-state index contributed by atoms with van der Waals surface area (Å²) >= 11 is 0. The molecule has 4 nitrogen and oxygen atoms in total. The molecule has 0 bridgehead atoms. The minimum Gasteiger partial charge on any atom is -0.397 e. The largest absolute Gasteiger partial charge is 0.397 e. The van der Waals surface area contributed by atoms with Crippen LogP contribution < -0.4 is 11.1 Å². The lowest BCUT2D eigenvalue weighted by Crippen LogP contribution is -2.43. The zero-order valence-corrected chi connectivity index (χ0v) is 9.16. The average molecular weight is 206 g/mol. The van der Waals surface area contributed by atoms with Crippen LogP contribution >= 0.6 is 0 Å². The van der Waals surface area contributed by atoms with Crippen molar-refractivity contribution in [2.24, 2.45) is 0 Å². The summed E-state index contributed by atoms with van der Waals surface area (Å²) in [5, 5.41) is 3.34. The van der Waals surface area contributed by atoms with Gasteiger partial charge in [0.05, 0.1) is 11.9 Å². The Morgan fingerprint density at radius 3 is 2.93 bits per heavy atom. The second-order valence-corrected chi connectivity index (χ2v) is 4.04. The van der Waals surface area contributed by atoms with Crippen molar-refractivity contribution in [3.63, 3.8) is 0 Å². The second-order valence-electron chi connectivity index (χ2n) is 4.04. The van der Waals surface area contributed by atoms with Crippen molar-refractivity contribution >= 4 is 5.69 Å². The molecule has 0 radical (unpaired) electrons. The molecule has 82 valence electrons. The Balaban J connectivity index is 2.05. The van der Waals surface area contributed by atoms with E-state index in [9.17, 15) is 0 Å². The second kappa shape index (κ2) is 4.59. The lowest BCUT2D eigenvalue weighted by atomic mass is 10.1. The van der Waals surface area contributed by atoms with E-state index in [0.29, 0.717) is 0 Å². The molecule has 1 aliphatic rings. The molecule has 3 N–H and O–H groups in total. The van der Waals surface area contributed by atoms with Gasteiger partial charge in [0.25, 0.3) is 0 Å². The average Bonchev–Trinajstić information content (AvgIpc) is 2.25. The Labute approximate surface area is 90.5 Å². The van der Waals surface area contributed by atoms with Crippen LogP contribution in [0.1, 0.15) is 11.3 Å². The Morgan fingerprint density at radius 2 is 2.20 bits per heavy atom. The van der Waals surface area contributed by atoms with E-state index < -0.39 is 0 Å². The van der Waals surface area contributed by atoms with Gasteiger partial charge in [-0.15, -0.1) is 0 Å². The van der Waals surface area contributed by atoms with E-state index in [1.807, 2.05) is 13.0 Å². The molecule has 0 aliphatic carbocycles.